The molecule has 4 aromatic rings. The number of alkyl carbamates (subject to hydrolysis) is 1. The first-order chi connectivity index (χ1) is 24.7. The van der Waals surface area contributed by atoms with E-state index in [2.05, 4.69) is 10.4 Å². The Hall–Kier alpha value is -5.60. The summed E-state index contributed by atoms with van der Waals surface area (Å²) in [4.78, 5) is 66.4. The van der Waals surface area contributed by atoms with Crippen molar-refractivity contribution in [2.45, 2.75) is 98.8 Å². The van der Waals surface area contributed by atoms with E-state index in [4.69, 9.17) is 23.4 Å². The highest BCUT2D eigenvalue weighted by molar-refractivity contribution is 5.94. The Morgan fingerprint density at radius 2 is 1.72 bits per heavy atom. The van der Waals surface area contributed by atoms with Crippen LogP contribution in [0.4, 0.5) is 9.59 Å². The van der Waals surface area contributed by atoms with Gasteiger partial charge in [0.15, 0.2) is 5.58 Å². The summed E-state index contributed by atoms with van der Waals surface area (Å²) in [7, 11) is 1.61. The summed E-state index contributed by atoms with van der Waals surface area (Å²) in [5.74, 6) is -2.07. The van der Waals surface area contributed by atoms with E-state index in [0.717, 1.165) is 0 Å². The molecule has 0 saturated heterocycles. The van der Waals surface area contributed by atoms with Gasteiger partial charge in [0.05, 0.1) is 36.1 Å². The molecule has 2 amide bonds. The van der Waals surface area contributed by atoms with E-state index in [1.54, 1.807) is 117 Å². The Labute approximate surface area is 307 Å². The van der Waals surface area contributed by atoms with Crippen LogP contribution >= 0.6 is 0 Å². The molecule has 1 aliphatic rings. The molecule has 3 heterocycles. The number of ether oxygens (including phenoxy) is 4. The predicted molar refractivity (Wildman–Crippen MR) is 192 cm³/mol. The molecule has 15 heteroatoms. The summed E-state index contributed by atoms with van der Waals surface area (Å²) in [5.41, 5.74) is 2.90. The number of hydrogen-bond donors (Lipinski definition) is 1. The lowest BCUT2D eigenvalue weighted by Crippen LogP contribution is -2.48. The number of aromatic nitrogens is 3. The number of cyclic esters (lactones) is 1. The van der Waals surface area contributed by atoms with Gasteiger partial charge >= 0.3 is 29.9 Å². The molecule has 2 atom stereocenters. The molecule has 284 valence electrons. The smallest absolute Gasteiger partial charge is 0.419 e. The van der Waals surface area contributed by atoms with Gasteiger partial charge in [0.2, 0.25) is 0 Å². The number of fused-ring (bicyclic) bond motifs is 2. The minimum absolute atomic E-state index is 0.00472. The van der Waals surface area contributed by atoms with Gasteiger partial charge in [0.1, 0.15) is 30.0 Å². The van der Waals surface area contributed by atoms with Gasteiger partial charge in [-0.2, -0.15) is 5.10 Å². The second kappa shape index (κ2) is 14.8. The number of amides is 2. The van der Waals surface area contributed by atoms with E-state index in [1.165, 1.54) is 9.47 Å². The average Bonchev–Trinajstić information content (AvgIpc) is 3.75. The van der Waals surface area contributed by atoms with Gasteiger partial charge in [-0.1, -0.05) is 19.9 Å². The van der Waals surface area contributed by atoms with Gasteiger partial charge in [-0.3, -0.25) is 9.47 Å². The molecule has 0 fully saturated rings. The van der Waals surface area contributed by atoms with Crippen LogP contribution in [-0.2, 0) is 43.9 Å². The van der Waals surface area contributed by atoms with Gasteiger partial charge in [-0.15, -0.1) is 0 Å². The number of oxazole rings is 1. The summed E-state index contributed by atoms with van der Waals surface area (Å²) < 4.78 is 30.9. The van der Waals surface area contributed by atoms with E-state index in [9.17, 15) is 24.0 Å². The van der Waals surface area contributed by atoms with Crippen LogP contribution in [0.15, 0.2) is 51.9 Å². The number of hydrogen-bond acceptors (Lipinski definition) is 11. The number of benzene rings is 2. The largest absolute Gasteiger partial charge is 0.457 e. The molecule has 0 bridgehead atoms. The average molecular weight is 734 g/mol. The number of nitrogens with zero attached hydrogens (tertiary/aromatic N) is 4. The second-order valence-corrected chi connectivity index (χ2v) is 15.4. The third-order valence-electron chi connectivity index (χ3n) is 8.49. The van der Waals surface area contributed by atoms with Crippen LogP contribution in [0.2, 0.25) is 0 Å². The third kappa shape index (κ3) is 9.07. The minimum atomic E-state index is -1.09. The molecule has 0 unspecified atom stereocenters. The van der Waals surface area contributed by atoms with Crippen LogP contribution in [0.5, 0.6) is 0 Å². The van der Waals surface area contributed by atoms with Crippen molar-refractivity contribution < 1.29 is 42.5 Å². The Balaban J connectivity index is 1.49. The topological polar surface area (TPSA) is 173 Å². The maximum atomic E-state index is 13.9. The van der Waals surface area contributed by atoms with Gasteiger partial charge < -0.3 is 28.7 Å². The fraction of sp³-hybridized carbons (Fsp3) is 0.474. The monoisotopic (exact) mass is 733 g/mol. The van der Waals surface area contributed by atoms with Crippen molar-refractivity contribution >= 4 is 35.2 Å². The van der Waals surface area contributed by atoms with Crippen molar-refractivity contribution in [3.63, 3.8) is 0 Å². The number of aryl methyl sites for hydroxylation is 1. The standard InChI is InChI=1S/C38H47N5O10/c1-21(2)31(40-34(46)52-37(4,5)6)33(45)50-30(25-12-13-26-27(22(25)3)20-49-32(26)44)19-42(36(48)53-38(7,8)9)17-23-16-39-43(18-23)24-11-14-29-28(15-24)41(10)35(47)51-29/h11-16,18,21,30-31H,17,19-20H2,1-10H3,(H,40,46)/t30-,31+/m0/s1. The lowest BCUT2D eigenvalue weighted by molar-refractivity contribution is -0.154. The Morgan fingerprint density at radius 3 is 2.38 bits per heavy atom. The zero-order chi connectivity index (χ0) is 39.0. The van der Waals surface area contributed by atoms with Crippen molar-refractivity contribution in [3.8, 4) is 5.69 Å². The molecule has 0 aliphatic carbocycles. The predicted octanol–water partition coefficient (Wildman–Crippen LogP) is 5.87. The molecule has 5 rings (SSSR count). The molecular weight excluding hydrogens is 686 g/mol. The zero-order valence-corrected chi connectivity index (χ0v) is 31.8. The van der Waals surface area contributed by atoms with Crippen molar-refractivity contribution in [1.82, 2.24) is 24.6 Å². The van der Waals surface area contributed by atoms with E-state index in [1.807, 2.05) is 0 Å². The lowest BCUT2D eigenvalue weighted by atomic mass is 9.94. The first kappa shape index (κ1) is 38.6. The summed E-state index contributed by atoms with van der Waals surface area (Å²) >= 11 is 0. The van der Waals surface area contributed by atoms with Gasteiger partial charge in [-0.05, 0) is 89.8 Å². The molecule has 0 spiro atoms. The summed E-state index contributed by atoms with van der Waals surface area (Å²) in [6, 6.07) is 7.40. The maximum Gasteiger partial charge on any atom is 0.419 e. The fourth-order valence-electron chi connectivity index (χ4n) is 5.85. The number of esters is 2. The van der Waals surface area contributed by atoms with E-state index >= 15 is 0 Å². The first-order valence-corrected chi connectivity index (χ1v) is 17.3. The molecule has 0 radical (unpaired) electrons. The Kier molecular flexibility index (Phi) is 10.8. The first-order valence-electron chi connectivity index (χ1n) is 17.3. The Bertz CT molecular complexity index is 2100. The zero-order valence-electron chi connectivity index (χ0n) is 31.8. The number of carbonyl (C=O) groups excluding carboxylic acids is 4. The SMILES string of the molecule is Cc1c([C@H](CN(Cc2cnn(-c3ccc4oc(=O)n(C)c4c3)c2)C(=O)OC(C)(C)C)OC(=O)[C@H](NC(=O)OC(C)(C)C)C(C)C)ccc2c1COC2=O. The van der Waals surface area contributed by atoms with Crippen molar-refractivity contribution in [1.29, 1.82) is 0 Å². The number of rotatable bonds is 10. The van der Waals surface area contributed by atoms with Crippen molar-refractivity contribution in [2.75, 3.05) is 6.54 Å². The second-order valence-electron chi connectivity index (χ2n) is 15.4. The van der Waals surface area contributed by atoms with Gasteiger partial charge in [0.25, 0.3) is 0 Å². The van der Waals surface area contributed by atoms with Crippen LogP contribution in [0, 0.1) is 12.8 Å². The van der Waals surface area contributed by atoms with Crippen LogP contribution in [0.25, 0.3) is 16.8 Å². The van der Waals surface area contributed by atoms with Crippen LogP contribution < -0.4 is 11.1 Å². The lowest BCUT2D eigenvalue weighted by Gasteiger charge is -2.32. The fourth-order valence-corrected chi connectivity index (χ4v) is 5.85. The van der Waals surface area contributed by atoms with E-state index < -0.39 is 53.2 Å². The van der Waals surface area contributed by atoms with E-state index in [-0.39, 0.29) is 25.6 Å². The third-order valence-corrected chi connectivity index (χ3v) is 8.49. The molecule has 1 aliphatic heterocycles. The highest BCUT2D eigenvalue weighted by Gasteiger charge is 2.35. The molecule has 2 aromatic carbocycles. The molecular formula is C38H47N5O10. The van der Waals surface area contributed by atoms with Crippen LogP contribution in [-0.4, -0.2) is 67.2 Å². The highest BCUT2D eigenvalue weighted by Crippen LogP contribution is 2.32. The minimum Gasteiger partial charge on any atom is -0.457 e. The van der Waals surface area contributed by atoms with E-state index in [0.29, 0.717) is 44.6 Å². The van der Waals surface area contributed by atoms with Gasteiger partial charge in [0, 0.05) is 24.4 Å². The molecule has 2 aromatic heterocycles. The molecule has 53 heavy (non-hydrogen) atoms. The number of carbonyl (C=O) groups is 4. The number of nitrogens with one attached hydrogen (secondary N) is 1. The van der Waals surface area contributed by atoms with Crippen molar-refractivity contribution in [2.24, 2.45) is 13.0 Å². The Morgan fingerprint density at radius 1 is 1.02 bits per heavy atom. The van der Waals surface area contributed by atoms with Crippen LogP contribution in [0.3, 0.4) is 0 Å². The molecule has 1 N–H and O–H groups in total. The molecule has 0 saturated carbocycles. The van der Waals surface area contributed by atoms with Crippen LogP contribution in [0.1, 0.15) is 94.1 Å². The maximum absolute atomic E-state index is 13.9. The summed E-state index contributed by atoms with van der Waals surface area (Å²) in [6.07, 6.45) is 0.806. The normalized spacial score (nSPS) is 14.1. The van der Waals surface area contributed by atoms with Gasteiger partial charge in [-0.25, -0.2) is 28.7 Å². The molecule has 15 nitrogen and oxygen atoms in total. The summed E-state index contributed by atoms with van der Waals surface area (Å²) in [5, 5.41) is 7.13. The van der Waals surface area contributed by atoms with Crippen molar-refractivity contribution in [3.05, 3.63) is 81.1 Å². The quantitative estimate of drug-likeness (QED) is 0.153. The summed E-state index contributed by atoms with van der Waals surface area (Å²) in [6.45, 7) is 15.6. The highest BCUT2D eigenvalue weighted by atomic mass is 16.6.